The number of esters is 2. The van der Waals surface area contributed by atoms with Crippen molar-refractivity contribution in [3.05, 3.63) is 82.1 Å². The van der Waals surface area contributed by atoms with Gasteiger partial charge in [0.15, 0.2) is 0 Å². The van der Waals surface area contributed by atoms with Gasteiger partial charge in [0.1, 0.15) is 11.4 Å². The highest BCUT2D eigenvalue weighted by Crippen LogP contribution is 2.31. The molecule has 0 amide bonds. The van der Waals surface area contributed by atoms with Gasteiger partial charge < -0.3 is 19.6 Å². The van der Waals surface area contributed by atoms with Crippen molar-refractivity contribution in [3.8, 4) is 5.69 Å². The maximum atomic E-state index is 13.6. The Hall–Kier alpha value is -4.33. The van der Waals surface area contributed by atoms with E-state index in [1.54, 1.807) is 42.5 Å². The zero-order valence-corrected chi connectivity index (χ0v) is 16.7. The quantitative estimate of drug-likeness (QED) is 0.387. The monoisotopic (exact) mass is 418 g/mol. The van der Waals surface area contributed by atoms with Crippen LogP contribution in [0.3, 0.4) is 0 Å². The molecular weight excluding hydrogens is 400 g/mol. The lowest BCUT2D eigenvalue weighted by Crippen LogP contribution is -2.20. The van der Waals surface area contributed by atoms with Crippen LogP contribution in [0.25, 0.3) is 33.4 Å². The summed E-state index contributed by atoms with van der Waals surface area (Å²) in [6.07, 6.45) is 2.36. The zero-order chi connectivity index (χ0) is 22.1. The number of carbonyl (C=O) groups is 2. The van der Waals surface area contributed by atoms with Crippen molar-refractivity contribution in [2.75, 3.05) is 14.2 Å². The number of fused-ring (bicyclic) bond motifs is 3. The molecule has 0 aliphatic heterocycles. The Labute approximate surface area is 175 Å². The summed E-state index contributed by atoms with van der Waals surface area (Å²) in [4.78, 5) is 41.3. The average Bonchev–Trinajstić information content (AvgIpc) is 3.21. The number of benzene rings is 2. The van der Waals surface area contributed by atoms with E-state index in [9.17, 15) is 19.5 Å². The van der Waals surface area contributed by atoms with Gasteiger partial charge in [0, 0.05) is 16.5 Å². The molecular formula is C23H18N2O6. The maximum Gasteiger partial charge on any atom is 0.355 e. The Bertz CT molecular complexity index is 1410. The predicted octanol–water partition coefficient (Wildman–Crippen LogP) is 3.57. The topological polar surface area (TPSA) is 111 Å². The van der Waals surface area contributed by atoms with E-state index in [-0.39, 0.29) is 22.2 Å². The molecule has 0 spiro atoms. The molecule has 2 N–H and O–H groups in total. The number of carbonyl (C=O) groups excluding carboxylic acids is 2. The number of pyridine rings is 1. The summed E-state index contributed by atoms with van der Waals surface area (Å²) in [6.45, 7) is 0. The first-order valence-corrected chi connectivity index (χ1v) is 9.29. The molecule has 0 bridgehead atoms. The van der Waals surface area contributed by atoms with Gasteiger partial charge in [-0.15, -0.1) is 0 Å². The van der Waals surface area contributed by atoms with Crippen LogP contribution in [0, 0.1) is 0 Å². The average molecular weight is 418 g/mol. The normalized spacial score (nSPS) is 11.3. The Morgan fingerprint density at radius 1 is 0.968 bits per heavy atom. The molecule has 0 aliphatic rings. The summed E-state index contributed by atoms with van der Waals surface area (Å²) in [5.41, 5.74) is 1.06. The third-order valence-corrected chi connectivity index (χ3v) is 5.01. The van der Waals surface area contributed by atoms with Crippen LogP contribution in [0.5, 0.6) is 0 Å². The van der Waals surface area contributed by atoms with Crippen molar-refractivity contribution in [1.82, 2.24) is 9.55 Å². The van der Waals surface area contributed by atoms with E-state index in [4.69, 9.17) is 9.47 Å². The lowest BCUT2D eigenvalue weighted by atomic mass is 10.0. The van der Waals surface area contributed by atoms with Crippen LogP contribution in [0.2, 0.25) is 0 Å². The van der Waals surface area contributed by atoms with E-state index in [0.29, 0.717) is 22.2 Å². The van der Waals surface area contributed by atoms with Crippen LogP contribution >= 0.6 is 0 Å². The van der Waals surface area contributed by atoms with E-state index in [2.05, 4.69) is 4.98 Å². The second kappa shape index (κ2) is 7.83. The van der Waals surface area contributed by atoms with Crippen LogP contribution in [0.4, 0.5) is 0 Å². The minimum absolute atomic E-state index is 0.00808. The zero-order valence-electron chi connectivity index (χ0n) is 16.7. The number of nitrogens with zero attached hydrogens (tertiary/aromatic N) is 1. The first kappa shape index (κ1) is 20.0. The third kappa shape index (κ3) is 3.14. The fourth-order valence-electron chi connectivity index (χ4n) is 3.69. The molecule has 0 radical (unpaired) electrons. The molecule has 2 aromatic carbocycles. The minimum atomic E-state index is -0.789. The number of nitrogens with one attached hydrogen (secondary N) is 1. The fraction of sp³-hybridized carbons (Fsp3) is 0.0870. The number of aromatic nitrogens is 2. The predicted molar refractivity (Wildman–Crippen MR) is 116 cm³/mol. The van der Waals surface area contributed by atoms with Gasteiger partial charge in [0.2, 0.25) is 0 Å². The van der Waals surface area contributed by atoms with Crippen molar-refractivity contribution < 1.29 is 24.2 Å². The molecule has 8 heteroatoms. The molecule has 0 saturated carbocycles. The molecule has 0 unspecified atom stereocenters. The summed E-state index contributed by atoms with van der Waals surface area (Å²) in [5.74, 6) is -1.52. The number of aromatic amines is 1. The largest absolute Gasteiger partial charge is 0.516 e. The summed E-state index contributed by atoms with van der Waals surface area (Å²) in [7, 11) is 2.40. The second-order valence-electron chi connectivity index (χ2n) is 6.68. The number of aliphatic hydroxyl groups excluding tert-OH is 1. The highest BCUT2D eigenvalue weighted by Gasteiger charge is 2.27. The maximum absolute atomic E-state index is 13.6. The molecule has 2 heterocycles. The third-order valence-electron chi connectivity index (χ3n) is 5.01. The van der Waals surface area contributed by atoms with E-state index in [1.165, 1.54) is 24.9 Å². The molecule has 4 aromatic rings. The number of H-pyrrole nitrogens is 1. The second-order valence-corrected chi connectivity index (χ2v) is 6.68. The number of hydrogen-bond donors (Lipinski definition) is 2. The highest BCUT2D eigenvalue weighted by molar-refractivity contribution is 6.20. The summed E-state index contributed by atoms with van der Waals surface area (Å²) < 4.78 is 11.2. The molecule has 8 nitrogen and oxygen atoms in total. The van der Waals surface area contributed by atoms with Gasteiger partial charge in [-0.2, -0.15) is 0 Å². The van der Waals surface area contributed by atoms with Crippen molar-refractivity contribution in [1.29, 1.82) is 0 Å². The minimum Gasteiger partial charge on any atom is -0.516 e. The molecule has 4 rings (SSSR count). The van der Waals surface area contributed by atoms with Crippen LogP contribution in [0.1, 0.15) is 26.5 Å². The van der Waals surface area contributed by atoms with Gasteiger partial charge in [-0.05, 0) is 35.9 Å². The summed E-state index contributed by atoms with van der Waals surface area (Å²) in [6, 6.07) is 14.1. The van der Waals surface area contributed by atoms with Crippen molar-refractivity contribution in [2.45, 2.75) is 0 Å². The van der Waals surface area contributed by atoms with Crippen molar-refractivity contribution in [2.24, 2.45) is 0 Å². The first-order chi connectivity index (χ1) is 15.0. The van der Waals surface area contributed by atoms with E-state index >= 15 is 0 Å². The molecule has 0 fully saturated rings. The van der Waals surface area contributed by atoms with E-state index < -0.39 is 17.5 Å². The Kier molecular flexibility index (Phi) is 5.04. The molecule has 156 valence electrons. The van der Waals surface area contributed by atoms with Crippen LogP contribution in [0.15, 0.2) is 59.6 Å². The fourth-order valence-corrected chi connectivity index (χ4v) is 3.69. The molecule has 0 atom stereocenters. The van der Waals surface area contributed by atoms with E-state index in [1.807, 2.05) is 6.07 Å². The smallest absolute Gasteiger partial charge is 0.355 e. The Balaban J connectivity index is 2.29. The van der Waals surface area contributed by atoms with Crippen molar-refractivity contribution >= 4 is 39.7 Å². The molecule has 0 aliphatic carbocycles. The number of aliphatic hydroxyl groups is 1. The Morgan fingerprint density at radius 3 is 2.23 bits per heavy atom. The summed E-state index contributed by atoms with van der Waals surface area (Å²) >= 11 is 0. The van der Waals surface area contributed by atoms with Crippen LogP contribution in [-0.4, -0.2) is 40.8 Å². The number of methoxy groups -OCH3 is 2. The first-order valence-electron chi connectivity index (χ1n) is 9.29. The van der Waals surface area contributed by atoms with Crippen LogP contribution < -0.4 is 5.56 Å². The van der Waals surface area contributed by atoms with Crippen molar-refractivity contribution in [3.63, 3.8) is 0 Å². The van der Waals surface area contributed by atoms with Gasteiger partial charge in [-0.25, -0.2) is 9.59 Å². The number of para-hydroxylation sites is 1. The molecule has 0 saturated heterocycles. The summed E-state index contributed by atoms with van der Waals surface area (Å²) in [5, 5.41) is 9.96. The van der Waals surface area contributed by atoms with Gasteiger partial charge in [0.05, 0.1) is 31.4 Å². The molecule has 2 aromatic heterocycles. The molecule has 31 heavy (non-hydrogen) atoms. The number of ether oxygens (including phenoxy) is 2. The standard InChI is InChI=1S/C23H18N2O6/c1-30-22(28)19-17-15-12-13(10-11-26)8-9-16(15)25(14-6-4-3-5-7-14)21(27)18(17)20(24-19)23(29)31-2/h3-12,24,26H,1-2H3. The highest BCUT2D eigenvalue weighted by atomic mass is 16.5. The SMILES string of the molecule is COC(=O)c1[nH]c(C(=O)OC)c2c1c(=O)n(-c1ccccc1)c1ccc(C=CO)cc21. The Morgan fingerprint density at radius 2 is 1.61 bits per heavy atom. The lowest BCUT2D eigenvalue weighted by molar-refractivity contribution is 0.0592. The van der Waals surface area contributed by atoms with Gasteiger partial charge in [0.25, 0.3) is 5.56 Å². The number of hydrogen-bond acceptors (Lipinski definition) is 6. The number of rotatable bonds is 4. The lowest BCUT2D eigenvalue weighted by Gasteiger charge is -2.13. The van der Waals surface area contributed by atoms with Crippen LogP contribution in [-0.2, 0) is 9.47 Å². The van der Waals surface area contributed by atoms with E-state index in [0.717, 1.165) is 6.26 Å². The van der Waals surface area contributed by atoms with Gasteiger partial charge in [-0.3, -0.25) is 9.36 Å². The van der Waals surface area contributed by atoms with Gasteiger partial charge >= 0.3 is 11.9 Å². The van der Waals surface area contributed by atoms with Gasteiger partial charge in [-0.1, -0.05) is 24.3 Å².